The van der Waals surface area contributed by atoms with Crippen LogP contribution in [0.25, 0.3) is 0 Å². The van der Waals surface area contributed by atoms with Gasteiger partial charge in [-0.15, -0.1) is 0 Å². The maximum Gasteiger partial charge on any atom is 0.352 e. The van der Waals surface area contributed by atoms with Gasteiger partial charge in [-0.25, -0.2) is 4.79 Å². The molecule has 1 N–H and O–H groups in total. The van der Waals surface area contributed by atoms with Crippen LogP contribution in [0.1, 0.15) is 17.2 Å². The first kappa shape index (κ1) is 7.79. The molecule has 0 saturated heterocycles. The number of carbonyl (C=O) groups is 1. The fraction of sp³-hybridized carbons (Fsp3) is 0.111. The number of carboxylic acid groups (broad SMARTS) is 1. The van der Waals surface area contributed by atoms with Crippen molar-refractivity contribution < 1.29 is 14.7 Å². The molecule has 1 heterocycles. The molecule has 4 nitrogen and oxygen atoms in total. The molecule has 0 bridgehead atoms. The van der Waals surface area contributed by atoms with E-state index in [0.717, 1.165) is 5.56 Å². The van der Waals surface area contributed by atoms with E-state index in [1.807, 2.05) is 6.07 Å². The molecule has 1 aromatic rings. The van der Waals surface area contributed by atoms with Gasteiger partial charge in [0.05, 0.1) is 6.21 Å². The van der Waals surface area contributed by atoms with Crippen LogP contribution < -0.4 is 0 Å². The van der Waals surface area contributed by atoms with Crippen molar-refractivity contribution in [1.82, 2.24) is 0 Å². The molecule has 1 aliphatic rings. The number of benzene rings is 1. The van der Waals surface area contributed by atoms with Crippen molar-refractivity contribution in [1.29, 1.82) is 0 Å². The molecule has 0 radical (unpaired) electrons. The highest BCUT2D eigenvalue weighted by molar-refractivity contribution is 5.86. The third-order valence-electron chi connectivity index (χ3n) is 1.86. The van der Waals surface area contributed by atoms with Gasteiger partial charge in [0, 0.05) is 11.1 Å². The van der Waals surface area contributed by atoms with Gasteiger partial charge in [-0.3, -0.25) is 0 Å². The quantitative estimate of drug-likeness (QED) is 0.700. The summed E-state index contributed by atoms with van der Waals surface area (Å²) in [4.78, 5) is 15.5. The largest absolute Gasteiger partial charge is 0.478 e. The van der Waals surface area contributed by atoms with E-state index in [1.54, 1.807) is 18.2 Å². The Kier molecular flexibility index (Phi) is 1.73. The second kappa shape index (κ2) is 2.90. The van der Waals surface area contributed by atoms with Crippen LogP contribution in [0.15, 0.2) is 29.4 Å². The summed E-state index contributed by atoms with van der Waals surface area (Å²) in [6, 6.07) is 7.13. The van der Waals surface area contributed by atoms with E-state index in [2.05, 4.69) is 5.16 Å². The number of fused-ring (bicyclic) bond motifs is 1. The highest BCUT2D eigenvalue weighted by atomic mass is 16.6. The van der Waals surface area contributed by atoms with Crippen LogP contribution in [-0.2, 0) is 9.63 Å². The summed E-state index contributed by atoms with van der Waals surface area (Å²) < 4.78 is 0. The zero-order valence-electron chi connectivity index (χ0n) is 6.68. The van der Waals surface area contributed by atoms with Crippen LogP contribution in [0.3, 0.4) is 0 Å². The lowest BCUT2D eigenvalue weighted by Gasteiger charge is -2.16. The molecule has 0 saturated carbocycles. The van der Waals surface area contributed by atoms with E-state index in [4.69, 9.17) is 9.94 Å². The maximum atomic E-state index is 10.7. The first-order valence-corrected chi connectivity index (χ1v) is 3.80. The Hall–Kier alpha value is -1.84. The first-order valence-electron chi connectivity index (χ1n) is 3.80. The summed E-state index contributed by atoms with van der Waals surface area (Å²) in [5.74, 6) is -1.02. The van der Waals surface area contributed by atoms with Crippen molar-refractivity contribution in [2.75, 3.05) is 0 Å². The molecule has 0 spiro atoms. The molecule has 4 heteroatoms. The molecule has 66 valence electrons. The average molecular weight is 177 g/mol. The molecule has 1 aromatic carbocycles. The maximum absolute atomic E-state index is 10.7. The molecule has 1 atom stereocenters. The van der Waals surface area contributed by atoms with Crippen molar-refractivity contribution >= 4 is 12.2 Å². The fourth-order valence-corrected chi connectivity index (χ4v) is 1.25. The van der Waals surface area contributed by atoms with E-state index < -0.39 is 12.1 Å². The van der Waals surface area contributed by atoms with E-state index in [-0.39, 0.29) is 0 Å². The SMILES string of the molecule is O=C(O)C1ON=Cc2ccccc21. The third kappa shape index (κ3) is 1.26. The Balaban J connectivity index is 2.49. The van der Waals surface area contributed by atoms with Crippen molar-refractivity contribution in [2.45, 2.75) is 6.10 Å². The molecular formula is C9H7NO3. The standard InChI is InChI=1S/C9H7NO3/c11-9(12)8-7-4-2-1-3-6(7)5-10-13-8/h1-5,8H,(H,11,12). The van der Waals surface area contributed by atoms with Gasteiger partial charge in [0.2, 0.25) is 6.10 Å². The molecule has 1 unspecified atom stereocenters. The molecule has 13 heavy (non-hydrogen) atoms. The second-order valence-corrected chi connectivity index (χ2v) is 2.69. The minimum absolute atomic E-state index is 0.644. The first-order chi connectivity index (χ1) is 6.29. The highest BCUT2D eigenvalue weighted by Crippen LogP contribution is 2.24. The van der Waals surface area contributed by atoms with Gasteiger partial charge < -0.3 is 9.94 Å². The highest BCUT2D eigenvalue weighted by Gasteiger charge is 2.26. The van der Waals surface area contributed by atoms with Gasteiger partial charge in [-0.2, -0.15) is 0 Å². The normalized spacial score (nSPS) is 18.9. The number of rotatable bonds is 1. The topological polar surface area (TPSA) is 58.9 Å². The molecule has 1 aliphatic heterocycles. The average Bonchev–Trinajstić information content (AvgIpc) is 2.17. The zero-order valence-corrected chi connectivity index (χ0v) is 6.68. The summed E-state index contributed by atoms with van der Waals surface area (Å²) >= 11 is 0. The number of hydrogen-bond donors (Lipinski definition) is 1. The van der Waals surface area contributed by atoms with Gasteiger partial charge in [0.15, 0.2) is 0 Å². The number of aliphatic carboxylic acids is 1. The van der Waals surface area contributed by atoms with Crippen molar-refractivity contribution in [3.63, 3.8) is 0 Å². The summed E-state index contributed by atoms with van der Waals surface area (Å²) in [6.07, 6.45) is 0.538. The smallest absolute Gasteiger partial charge is 0.352 e. The Bertz CT molecular complexity index is 373. The van der Waals surface area contributed by atoms with Crippen LogP contribution in [0, 0.1) is 0 Å². The summed E-state index contributed by atoms with van der Waals surface area (Å²) in [5.41, 5.74) is 1.44. The van der Waals surface area contributed by atoms with Gasteiger partial charge in [0.25, 0.3) is 0 Å². The van der Waals surface area contributed by atoms with Crippen molar-refractivity contribution in [3.8, 4) is 0 Å². The van der Waals surface area contributed by atoms with Crippen molar-refractivity contribution in [2.24, 2.45) is 5.16 Å². The molecule has 0 aliphatic carbocycles. The molecule has 0 amide bonds. The summed E-state index contributed by atoms with van der Waals surface area (Å²) in [5, 5.41) is 12.3. The fourth-order valence-electron chi connectivity index (χ4n) is 1.25. The zero-order chi connectivity index (χ0) is 9.26. The molecule has 0 fully saturated rings. The number of oxime groups is 1. The summed E-state index contributed by atoms with van der Waals surface area (Å²) in [6.45, 7) is 0. The second-order valence-electron chi connectivity index (χ2n) is 2.69. The third-order valence-corrected chi connectivity index (χ3v) is 1.86. The Morgan fingerprint density at radius 2 is 2.23 bits per heavy atom. The van der Waals surface area contributed by atoms with Crippen molar-refractivity contribution in [3.05, 3.63) is 35.4 Å². The van der Waals surface area contributed by atoms with E-state index in [9.17, 15) is 4.79 Å². The lowest BCUT2D eigenvalue weighted by molar-refractivity contribution is -0.151. The van der Waals surface area contributed by atoms with Gasteiger partial charge in [0.1, 0.15) is 0 Å². The Labute approximate surface area is 74.4 Å². The van der Waals surface area contributed by atoms with Gasteiger partial charge in [-0.05, 0) is 0 Å². The minimum Gasteiger partial charge on any atom is -0.478 e. The predicted octanol–water partition coefficient (Wildman–Crippen LogP) is 1.18. The molecule has 2 rings (SSSR count). The molecular weight excluding hydrogens is 170 g/mol. The molecule has 0 aromatic heterocycles. The van der Waals surface area contributed by atoms with Crippen LogP contribution >= 0.6 is 0 Å². The number of nitrogens with zero attached hydrogens (tertiary/aromatic N) is 1. The van der Waals surface area contributed by atoms with Crippen LogP contribution in [0.2, 0.25) is 0 Å². The van der Waals surface area contributed by atoms with E-state index in [0.29, 0.717) is 5.56 Å². The van der Waals surface area contributed by atoms with E-state index in [1.165, 1.54) is 6.21 Å². The number of hydrogen-bond acceptors (Lipinski definition) is 3. The lowest BCUT2D eigenvalue weighted by Crippen LogP contribution is -2.17. The van der Waals surface area contributed by atoms with E-state index >= 15 is 0 Å². The Morgan fingerprint density at radius 1 is 1.46 bits per heavy atom. The van der Waals surface area contributed by atoms with Gasteiger partial charge in [-0.1, -0.05) is 29.4 Å². The van der Waals surface area contributed by atoms with Crippen LogP contribution in [-0.4, -0.2) is 17.3 Å². The number of carboxylic acids is 1. The monoisotopic (exact) mass is 177 g/mol. The van der Waals surface area contributed by atoms with Crippen LogP contribution in [0.5, 0.6) is 0 Å². The Morgan fingerprint density at radius 3 is 3.00 bits per heavy atom. The minimum atomic E-state index is -1.02. The lowest BCUT2D eigenvalue weighted by atomic mass is 10.0. The van der Waals surface area contributed by atoms with Gasteiger partial charge >= 0.3 is 5.97 Å². The van der Waals surface area contributed by atoms with Crippen LogP contribution in [0.4, 0.5) is 0 Å². The predicted molar refractivity (Wildman–Crippen MR) is 45.5 cm³/mol. The summed E-state index contributed by atoms with van der Waals surface area (Å²) in [7, 11) is 0.